The van der Waals surface area contributed by atoms with Gasteiger partial charge in [0.2, 0.25) is 0 Å². The first-order valence-electron chi connectivity index (χ1n) is 6.43. The van der Waals surface area contributed by atoms with Gasteiger partial charge in [-0.1, -0.05) is 24.3 Å². The van der Waals surface area contributed by atoms with Crippen LogP contribution < -0.4 is 5.32 Å². The van der Waals surface area contributed by atoms with Crippen LogP contribution in [0.2, 0.25) is 0 Å². The predicted molar refractivity (Wildman–Crippen MR) is 76.6 cm³/mol. The number of nitro groups is 1. The first-order valence-corrected chi connectivity index (χ1v) is 6.43. The summed E-state index contributed by atoms with van der Waals surface area (Å²) in [5, 5.41) is 13.3. The summed E-state index contributed by atoms with van der Waals surface area (Å²) in [7, 11) is 0. The Morgan fingerprint density at radius 3 is 2.45 bits per heavy atom. The lowest BCUT2D eigenvalue weighted by Gasteiger charge is -2.15. The molecular formula is C15H13F3N2O2. The van der Waals surface area contributed by atoms with Gasteiger partial charge in [0, 0.05) is 24.4 Å². The molecule has 0 radical (unpaired) electrons. The van der Waals surface area contributed by atoms with E-state index in [4.69, 9.17) is 0 Å². The maximum atomic E-state index is 13.0. The molecular weight excluding hydrogens is 297 g/mol. The highest BCUT2D eigenvalue weighted by molar-refractivity contribution is 5.57. The molecule has 0 bridgehead atoms. The SMILES string of the molecule is Cc1ccccc1CNc1ccc([N+](=O)[O-])cc1C(F)(F)F. The number of nitrogens with zero attached hydrogens (tertiary/aromatic N) is 1. The average Bonchev–Trinajstić information content (AvgIpc) is 2.45. The second-order valence-electron chi connectivity index (χ2n) is 4.76. The maximum Gasteiger partial charge on any atom is 0.418 e. The van der Waals surface area contributed by atoms with Crippen LogP contribution in [0.1, 0.15) is 16.7 Å². The number of alkyl halides is 3. The molecule has 0 fully saturated rings. The molecule has 4 nitrogen and oxygen atoms in total. The molecule has 0 amide bonds. The van der Waals surface area contributed by atoms with Gasteiger partial charge in [-0.3, -0.25) is 10.1 Å². The van der Waals surface area contributed by atoms with Crippen molar-refractivity contribution in [1.82, 2.24) is 0 Å². The van der Waals surface area contributed by atoms with Crippen LogP contribution in [0.15, 0.2) is 42.5 Å². The Hall–Kier alpha value is -2.57. The zero-order valence-electron chi connectivity index (χ0n) is 11.6. The highest BCUT2D eigenvalue weighted by atomic mass is 19.4. The van der Waals surface area contributed by atoms with E-state index in [2.05, 4.69) is 5.32 Å². The molecule has 7 heteroatoms. The lowest BCUT2D eigenvalue weighted by molar-refractivity contribution is -0.385. The minimum absolute atomic E-state index is 0.179. The molecule has 0 saturated carbocycles. The minimum atomic E-state index is -4.67. The van der Waals surface area contributed by atoms with Crippen LogP contribution in [0.25, 0.3) is 0 Å². The van der Waals surface area contributed by atoms with Gasteiger partial charge in [-0.05, 0) is 24.1 Å². The Labute approximate surface area is 124 Å². The van der Waals surface area contributed by atoms with E-state index < -0.39 is 22.4 Å². The number of nitro benzene ring substituents is 1. The van der Waals surface area contributed by atoms with Crippen LogP contribution in [0.5, 0.6) is 0 Å². The van der Waals surface area contributed by atoms with Gasteiger partial charge in [-0.25, -0.2) is 0 Å². The molecule has 0 spiro atoms. The van der Waals surface area contributed by atoms with Gasteiger partial charge in [-0.2, -0.15) is 13.2 Å². The van der Waals surface area contributed by atoms with E-state index in [0.29, 0.717) is 6.07 Å². The average molecular weight is 310 g/mol. The second kappa shape index (κ2) is 6.05. The van der Waals surface area contributed by atoms with E-state index in [0.717, 1.165) is 23.3 Å². The molecule has 0 aromatic heterocycles. The quantitative estimate of drug-likeness (QED) is 0.666. The summed E-state index contributed by atoms with van der Waals surface area (Å²) in [4.78, 5) is 9.79. The number of non-ortho nitro benzene ring substituents is 1. The van der Waals surface area contributed by atoms with Gasteiger partial charge in [0.25, 0.3) is 5.69 Å². The number of halogens is 3. The van der Waals surface area contributed by atoms with Crippen LogP contribution in [0.3, 0.4) is 0 Å². The van der Waals surface area contributed by atoms with Gasteiger partial charge >= 0.3 is 6.18 Å². The smallest absolute Gasteiger partial charge is 0.380 e. The molecule has 2 aromatic rings. The Kier molecular flexibility index (Phi) is 4.35. The first-order chi connectivity index (χ1) is 10.3. The van der Waals surface area contributed by atoms with E-state index in [1.807, 2.05) is 19.1 Å². The summed E-state index contributed by atoms with van der Waals surface area (Å²) in [5.41, 5.74) is -0.00940. The van der Waals surface area contributed by atoms with Gasteiger partial charge in [0.1, 0.15) is 0 Å². The Morgan fingerprint density at radius 2 is 1.86 bits per heavy atom. The fourth-order valence-corrected chi connectivity index (χ4v) is 2.03. The Morgan fingerprint density at radius 1 is 1.18 bits per heavy atom. The molecule has 0 heterocycles. The van der Waals surface area contributed by atoms with Crippen molar-refractivity contribution in [3.05, 3.63) is 69.3 Å². The maximum absolute atomic E-state index is 13.0. The zero-order chi connectivity index (χ0) is 16.3. The molecule has 116 valence electrons. The van der Waals surface area contributed by atoms with E-state index in [-0.39, 0.29) is 12.2 Å². The highest BCUT2D eigenvalue weighted by Crippen LogP contribution is 2.37. The lowest BCUT2D eigenvalue weighted by Crippen LogP contribution is -2.11. The van der Waals surface area contributed by atoms with Crippen molar-refractivity contribution < 1.29 is 18.1 Å². The van der Waals surface area contributed by atoms with Crippen LogP contribution in [-0.2, 0) is 12.7 Å². The van der Waals surface area contributed by atoms with Crippen LogP contribution >= 0.6 is 0 Å². The standard InChI is InChI=1S/C15H13F3N2O2/c1-10-4-2-3-5-11(10)9-19-14-7-6-12(20(21)22)8-13(14)15(16,17)18/h2-8,19H,9H2,1H3. The second-order valence-corrected chi connectivity index (χ2v) is 4.76. The predicted octanol–water partition coefficient (Wildman–Crippen LogP) is 4.53. The number of hydrogen-bond acceptors (Lipinski definition) is 3. The highest BCUT2D eigenvalue weighted by Gasteiger charge is 2.35. The normalized spacial score (nSPS) is 11.3. The molecule has 22 heavy (non-hydrogen) atoms. The van der Waals surface area contributed by atoms with E-state index in [9.17, 15) is 23.3 Å². The number of hydrogen-bond donors (Lipinski definition) is 1. The third-order valence-corrected chi connectivity index (χ3v) is 3.25. The lowest BCUT2D eigenvalue weighted by atomic mass is 10.1. The molecule has 2 aromatic carbocycles. The molecule has 0 aliphatic heterocycles. The number of benzene rings is 2. The Bertz CT molecular complexity index is 699. The fraction of sp³-hybridized carbons (Fsp3) is 0.200. The van der Waals surface area contributed by atoms with E-state index in [1.54, 1.807) is 12.1 Å². The van der Waals surface area contributed by atoms with Crippen molar-refractivity contribution >= 4 is 11.4 Å². The third-order valence-electron chi connectivity index (χ3n) is 3.25. The topological polar surface area (TPSA) is 55.2 Å². The van der Waals surface area contributed by atoms with Crippen molar-refractivity contribution in [2.75, 3.05) is 5.32 Å². The summed E-state index contributed by atoms with van der Waals surface area (Å²) < 4.78 is 39.1. The molecule has 2 rings (SSSR count). The summed E-state index contributed by atoms with van der Waals surface area (Å²) in [6.45, 7) is 2.06. The molecule has 1 N–H and O–H groups in total. The van der Waals surface area contributed by atoms with Crippen molar-refractivity contribution in [2.45, 2.75) is 19.6 Å². The Balaban J connectivity index is 2.31. The van der Waals surface area contributed by atoms with Gasteiger partial charge < -0.3 is 5.32 Å². The number of anilines is 1. The first kappa shape index (κ1) is 15.8. The largest absolute Gasteiger partial charge is 0.418 e. The molecule has 0 aliphatic carbocycles. The van der Waals surface area contributed by atoms with Gasteiger partial charge in [0.15, 0.2) is 0 Å². The third kappa shape index (κ3) is 3.55. The van der Waals surface area contributed by atoms with Crippen LogP contribution in [0.4, 0.5) is 24.5 Å². The van der Waals surface area contributed by atoms with Gasteiger partial charge in [-0.15, -0.1) is 0 Å². The fourth-order valence-electron chi connectivity index (χ4n) is 2.03. The number of aryl methyl sites for hydroxylation is 1. The summed E-state index contributed by atoms with van der Waals surface area (Å²) in [6.07, 6.45) is -4.67. The molecule has 0 atom stereocenters. The van der Waals surface area contributed by atoms with E-state index in [1.165, 1.54) is 0 Å². The number of nitrogens with one attached hydrogen (secondary N) is 1. The summed E-state index contributed by atoms with van der Waals surface area (Å²) >= 11 is 0. The van der Waals surface area contributed by atoms with E-state index >= 15 is 0 Å². The monoisotopic (exact) mass is 310 g/mol. The van der Waals surface area contributed by atoms with Crippen molar-refractivity contribution in [3.8, 4) is 0 Å². The molecule has 0 unspecified atom stereocenters. The molecule has 0 aliphatic rings. The summed E-state index contributed by atoms with van der Waals surface area (Å²) in [6, 6.07) is 9.98. The van der Waals surface area contributed by atoms with Crippen molar-refractivity contribution in [1.29, 1.82) is 0 Å². The zero-order valence-corrected chi connectivity index (χ0v) is 11.6. The van der Waals surface area contributed by atoms with Crippen molar-refractivity contribution in [2.24, 2.45) is 0 Å². The van der Waals surface area contributed by atoms with Crippen molar-refractivity contribution in [3.63, 3.8) is 0 Å². The summed E-state index contributed by atoms with van der Waals surface area (Å²) in [5.74, 6) is 0. The van der Waals surface area contributed by atoms with Crippen LogP contribution in [0, 0.1) is 17.0 Å². The van der Waals surface area contributed by atoms with Gasteiger partial charge in [0.05, 0.1) is 10.5 Å². The molecule has 0 saturated heterocycles. The minimum Gasteiger partial charge on any atom is -0.380 e. The number of rotatable bonds is 4. The van der Waals surface area contributed by atoms with Crippen LogP contribution in [-0.4, -0.2) is 4.92 Å².